The molecule has 0 heteroatoms. The molecule has 0 spiro atoms. The van der Waals surface area contributed by atoms with Crippen molar-refractivity contribution in [2.45, 2.75) is 26.2 Å². The van der Waals surface area contributed by atoms with E-state index in [-0.39, 0.29) is 5.41 Å². The summed E-state index contributed by atoms with van der Waals surface area (Å²) in [6, 6.07) is 19.7. The van der Waals surface area contributed by atoms with Gasteiger partial charge in [-0.25, -0.2) is 0 Å². The second kappa shape index (κ2) is 3.84. The molecular formula is C18H18. The molecule has 0 aliphatic heterocycles. The first-order chi connectivity index (χ1) is 8.57. The Morgan fingerprint density at radius 2 is 1.33 bits per heavy atom. The molecule has 18 heavy (non-hydrogen) atoms. The normalized spacial score (nSPS) is 12.2. The molecule has 0 radical (unpaired) electrons. The molecule has 0 unspecified atom stereocenters. The first-order valence-electron chi connectivity index (χ1n) is 6.48. The summed E-state index contributed by atoms with van der Waals surface area (Å²) >= 11 is 0. The SMILES string of the molecule is CC(C)(C)c1cccc2ccc3ccccc3c12. The maximum absolute atomic E-state index is 2.28. The smallest absolute Gasteiger partial charge is 0.00680 e. The summed E-state index contributed by atoms with van der Waals surface area (Å²) in [7, 11) is 0. The standard InChI is InChI=1S/C18H18/c1-18(2,3)16-10-6-8-14-12-11-13-7-4-5-9-15(13)17(14)16/h4-12H,1-3H3. The van der Waals surface area contributed by atoms with Gasteiger partial charge in [0.2, 0.25) is 0 Å². The van der Waals surface area contributed by atoms with Gasteiger partial charge in [-0.05, 0) is 32.5 Å². The lowest BCUT2D eigenvalue weighted by Crippen LogP contribution is -2.11. The van der Waals surface area contributed by atoms with Crippen LogP contribution in [-0.4, -0.2) is 0 Å². The number of fused-ring (bicyclic) bond motifs is 3. The molecule has 0 nitrogen and oxygen atoms in total. The van der Waals surface area contributed by atoms with Gasteiger partial charge in [0.1, 0.15) is 0 Å². The number of hydrogen-bond acceptors (Lipinski definition) is 0. The van der Waals surface area contributed by atoms with Crippen LogP contribution < -0.4 is 0 Å². The van der Waals surface area contributed by atoms with E-state index in [4.69, 9.17) is 0 Å². The van der Waals surface area contributed by atoms with Crippen molar-refractivity contribution in [3.05, 3.63) is 60.2 Å². The Labute approximate surface area is 108 Å². The van der Waals surface area contributed by atoms with Crippen LogP contribution in [-0.2, 0) is 5.41 Å². The van der Waals surface area contributed by atoms with Gasteiger partial charge in [-0.1, -0.05) is 75.4 Å². The van der Waals surface area contributed by atoms with E-state index < -0.39 is 0 Å². The summed E-state index contributed by atoms with van der Waals surface area (Å²) in [6.07, 6.45) is 0. The van der Waals surface area contributed by atoms with Gasteiger partial charge in [-0.15, -0.1) is 0 Å². The van der Waals surface area contributed by atoms with Crippen molar-refractivity contribution in [3.63, 3.8) is 0 Å². The Morgan fingerprint density at radius 1 is 0.667 bits per heavy atom. The number of benzene rings is 3. The van der Waals surface area contributed by atoms with Crippen LogP contribution >= 0.6 is 0 Å². The van der Waals surface area contributed by atoms with Gasteiger partial charge >= 0.3 is 0 Å². The first kappa shape index (κ1) is 11.3. The quantitative estimate of drug-likeness (QED) is 0.463. The third-order valence-corrected chi connectivity index (χ3v) is 3.58. The maximum atomic E-state index is 2.28. The molecular weight excluding hydrogens is 216 g/mol. The van der Waals surface area contributed by atoms with Crippen LogP contribution in [0.25, 0.3) is 21.5 Å². The highest BCUT2D eigenvalue weighted by Crippen LogP contribution is 2.34. The molecule has 0 N–H and O–H groups in total. The van der Waals surface area contributed by atoms with Gasteiger partial charge in [0.25, 0.3) is 0 Å². The number of hydrogen-bond donors (Lipinski definition) is 0. The maximum Gasteiger partial charge on any atom is -0.00680 e. The van der Waals surface area contributed by atoms with Crippen molar-refractivity contribution in [2.24, 2.45) is 0 Å². The summed E-state index contributed by atoms with van der Waals surface area (Å²) in [5.41, 5.74) is 1.60. The zero-order valence-corrected chi connectivity index (χ0v) is 11.2. The van der Waals surface area contributed by atoms with Crippen molar-refractivity contribution in [1.82, 2.24) is 0 Å². The summed E-state index contributed by atoms with van der Waals surface area (Å²) in [4.78, 5) is 0. The van der Waals surface area contributed by atoms with Crippen LogP contribution in [0.2, 0.25) is 0 Å². The first-order valence-corrected chi connectivity index (χ1v) is 6.48. The molecule has 0 heterocycles. The lowest BCUT2D eigenvalue weighted by molar-refractivity contribution is 0.596. The van der Waals surface area contributed by atoms with Crippen LogP contribution in [0.3, 0.4) is 0 Å². The van der Waals surface area contributed by atoms with Crippen LogP contribution in [0, 0.1) is 0 Å². The van der Waals surface area contributed by atoms with E-state index in [0.29, 0.717) is 0 Å². The van der Waals surface area contributed by atoms with Crippen LogP contribution in [0.5, 0.6) is 0 Å². The highest BCUT2D eigenvalue weighted by Gasteiger charge is 2.17. The molecule has 3 aromatic rings. The van der Waals surface area contributed by atoms with Crippen molar-refractivity contribution in [1.29, 1.82) is 0 Å². The second-order valence-corrected chi connectivity index (χ2v) is 5.94. The summed E-state index contributed by atoms with van der Waals surface area (Å²) in [6.45, 7) is 6.84. The molecule has 90 valence electrons. The lowest BCUT2D eigenvalue weighted by Gasteiger charge is -2.22. The third-order valence-electron chi connectivity index (χ3n) is 3.58. The van der Waals surface area contributed by atoms with Gasteiger partial charge < -0.3 is 0 Å². The van der Waals surface area contributed by atoms with Crippen LogP contribution in [0.15, 0.2) is 54.6 Å². The Bertz CT molecular complexity index is 715. The molecule has 0 aliphatic carbocycles. The second-order valence-electron chi connectivity index (χ2n) is 5.94. The lowest BCUT2D eigenvalue weighted by atomic mass is 9.82. The Hall–Kier alpha value is -1.82. The fourth-order valence-electron chi connectivity index (χ4n) is 2.68. The van der Waals surface area contributed by atoms with Gasteiger partial charge in [-0.2, -0.15) is 0 Å². The minimum atomic E-state index is 0.170. The summed E-state index contributed by atoms with van der Waals surface area (Å²) < 4.78 is 0. The molecule has 0 aliphatic rings. The van der Waals surface area contributed by atoms with Crippen molar-refractivity contribution in [2.75, 3.05) is 0 Å². The summed E-state index contributed by atoms with van der Waals surface area (Å²) in [5.74, 6) is 0. The minimum absolute atomic E-state index is 0.170. The van der Waals surface area contributed by atoms with E-state index in [1.54, 1.807) is 0 Å². The van der Waals surface area contributed by atoms with Crippen molar-refractivity contribution in [3.8, 4) is 0 Å². The monoisotopic (exact) mass is 234 g/mol. The summed E-state index contributed by atoms with van der Waals surface area (Å²) in [5, 5.41) is 5.42. The van der Waals surface area contributed by atoms with E-state index in [0.717, 1.165) is 0 Å². The van der Waals surface area contributed by atoms with Gasteiger partial charge in [0, 0.05) is 0 Å². The van der Waals surface area contributed by atoms with E-state index in [2.05, 4.69) is 75.4 Å². The van der Waals surface area contributed by atoms with Crippen molar-refractivity contribution >= 4 is 21.5 Å². The van der Waals surface area contributed by atoms with E-state index in [9.17, 15) is 0 Å². The highest BCUT2D eigenvalue weighted by atomic mass is 14.2. The van der Waals surface area contributed by atoms with E-state index >= 15 is 0 Å². The third kappa shape index (κ3) is 1.69. The number of rotatable bonds is 0. The molecule has 0 saturated heterocycles. The minimum Gasteiger partial charge on any atom is -0.0616 e. The fraction of sp³-hybridized carbons (Fsp3) is 0.222. The topological polar surface area (TPSA) is 0 Å². The Kier molecular flexibility index (Phi) is 2.41. The van der Waals surface area contributed by atoms with Gasteiger partial charge in [-0.3, -0.25) is 0 Å². The Morgan fingerprint density at radius 3 is 2.11 bits per heavy atom. The molecule has 0 aromatic heterocycles. The molecule has 0 fully saturated rings. The van der Waals surface area contributed by atoms with Crippen molar-refractivity contribution < 1.29 is 0 Å². The molecule has 3 rings (SSSR count). The highest BCUT2D eigenvalue weighted by molar-refractivity contribution is 6.09. The Balaban J connectivity index is 2.55. The molecule has 0 bridgehead atoms. The zero-order valence-electron chi connectivity index (χ0n) is 11.2. The molecule has 0 atom stereocenters. The fourth-order valence-corrected chi connectivity index (χ4v) is 2.68. The zero-order chi connectivity index (χ0) is 12.8. The van der Waals surface area contributed by atoms with Gasteiger partial charge in [0.15, 0.2) is 0 Å². The molecule has 3 aromatic carbocycles. The predicted octanol–water partition coefficient (Wildman–Crippen LogP) is 5.29. The van der Waals surface area contributed by atoms with E-state index in [1.807, 2.05) is 0 Å². The largest absolute Gasteiger partial charge is 0.0616 e. The molecule has 0 saturated carbocycles. The van der Waals surface area contributed by atoms with E-state index in [1.165, 1.54) is 27.1 Å². The van der Waals surface area contributed by atoms with Gasteiger partial charge in [0.05, 0.1) is 0 Å². The molecule has 0 amide bonds. The van der Waals surface area contributed by atoms with Crippen LogP contribution in [0.4, 0.5) is 0 Å². The van der Waals surface area contributed by atoms with Crippen LogP contribution in [0.1, 0.15) is 26.3 Å². The average molecular weight is 234 g/mol. The predicted molar refractivity (Wildman–Crippen MR) is 80.2 cm³/mol. The average Bonchev–Trinajstić information content (AvgIpc) is 2.36.